The molecule has 5 nitrogen and oxygen atoms in total. The monoisotopic (exact) mass is 350 g/mol. The van der Waals surface area contributed by atoms with Crippen LogP contribution in [0.5, 0.6) is 0 Å². The Morgan fingerprint density at radius 3 is 2.44 bits per heavy atom. The molecule has 0 saturated heterocycles. The molecule has 0 aliphatic heterocycles. The van der Waals surface area contributed by atoms with Crippen LogP contribution in [-0.2, 0) is 17.3 Å². The first-order chi connectivity index (χ1) is 12.2. The SMILES string of the molecule is Cn1cnnc1Sc1ccc(NC(=O)C2(c3ccccc3)CC2)cc1. The molecule has 1 fully saturated rings. The van der Waals surface area contributed by atoms with Gasteiger partial charge in [0.15, 0.2) is 5.16 Å². The van der Waals surface area contributed by atoms with Crippen molar-refractivity contribution < 1.29 is 4.79 Å². The van der Waals surface area contributed by atoms with Crippen molar-refractivity contribution in [1.82, 2.24) is 14.8 Å². The molecular formula is C19H18N4OS. The fraction of sp³-hybridized carbons (Fsp3) is 0.211. The zero-order valence-corrected chi connectivity index (χ0v) is 14.7. The highest BCUT2D eigenvalue weighted by Gasteiger charge is 2.51. The second kappa shape index (κ2) is 6.37. The smallest absolute Gasteiger partial charge is 0.235 e. The second-order valence-corrected chi connectivity index (χ2v) is 7.29. The highest BCUT2D eigenvalue weighted by Crippen LogP contribution is 2.48. The lowest BCUT2D eigenvalue weighted by Gasteiger charge is -2.16. The number of hydrogen-bond acceptors (Lipinski definition) is 4. The van der Waals surface area contributed by atoms with Gasteiger partial charge in [0, 0.05) is 17.6 Å². The topological polar surface area (TPSA) is 59.8 Å². The predicted molar refractivity (Wildman–Crippen MR) is 97.6 cm³/mol. The Balaban J connectivity index is 1.45. The molecule has 1 saturated carbocycles. The summed E-state index contributed by atoms with van der Waals surface area (Å²) in [5.74, 6) is 0.0763. The number of carbonyl (C=O) groups excluding carboxylic acids is 1. The van der Waals surface area contributed by atoms with Crippen molar-refractivity contribution in [2.24, 2.45) is 7.05 Å². The number of nitrogens with one attached hydrogen (secondary N) is 1. The zero-order valence-electron chi connectivity index (χ0n) is 13.8. The molecule has 1 aliphatic carbocycles. The van der Waals surface area contributed by atoms with E-state index in [-0.39, 0.29) is 11.3 Å². The van der Waals surface area contributed by atoms with Gasteiger partial charge in [-0.25, -0.2) is 0 Å². The van der Waals surface area contributed by atoms with Crippen molar-refractivity contribution in [3.63, 3.8) is 0 Å². The van der Waals surface area contributed by atoms with Gasteiger partial charge >= 0.3 is 0 Å². The van der Waals surface area contributed by atoms with Crippen LogP contribution in [0.25, 0.3) is 0 Å². The molecule has 1 heterocycles. The number of aryl methyl sites for hydroxylation is 1. The molecule has 6 heteroatoms. The number of rotatable bonds is 5. The molecule has 0 atom stereocenters. The molecule has 0 bridgehead atoms. The van der Waals surface area contributed by atoms with Crippen molar-refractivity contribution in [2.75, 3.05) is 5.32 Å². The van der Waals surface area contributed by atoms with E-state index >= 15 is 0 Å². The summed E-state index contributed by atoms with van der Waals surface area (Å²) >= 11 is 1.54. The van der Waals surface area contributed by atoms with E-state index in [9.17, 15) is 4.79 Å². The number of nitrogens with zero attached hydrogens (tertiary/aromatic N) is 3. The lowest BCUT2D eigenvalue weighted by atomic mass is 9.95. The minimum absolute atomic E-state index is 0.0763. The predicted octanol–water partition coefficient (Wildman–Crippen LogP) is 3.64. The van der Waals surface area contributed by atoms with Gasteiger partial charge in [-0.1, -0.05) is 30.3 Å². The first kappa shape index (κ1) is 15.9. The third kappa shape index (κ3) is 3.17. The number of benzene rings is 2. The van der Waals surface area contributed by atoms with Gasteiger partial charge in [0.2, 0.25) is 5.91 Å². The molecule has 3 aromatic rings. The average Bonchev–Trinajstić information content (AvgIpc) is 3.36. The normalized spacial score (nSPS) is 14.9. The molecule has 1 amide bonds. The fourth-order valence-corrected chi connectivity index (χ4v) is 3.62. The first-order valence-electron chi connectivity index (χ1n) is 8.16. The van der Waals surface area contributed by atoms with E-state index < -0.39 is 0 Å². The Morgan fingerprint density at radius 2 is 1.84 bits per heavy atom. The zero-order chi connectivity index (χ0) is 17.3. The van der Waals surface area contributed by atoms with Crippen molar-refractivity contribution in [3.05, 3.63) is 66.5 Å². The maximum absolute atomic E-state index is 12.7. The van der Waals surface area contributed by atoms with Crippen molar-refractivity contribution in [3.8, 4) is 0 Å². The fourth-order valence-electron chi connectivity index (χ4n) is 2.86. The van der Waals surface area contributed by atoms with Crippen LogP contribution in [0.1, 0.15) is 18.4 Å². The molecule has 1 N–H and O–H groups in total. The van der Waals surface area contributed by atoms with E-state index in [4.69, 9.17) is 0 Å². The van der Waals surface area contributed by atoms with Gasteiger partial charge in [0.25, 0.3) is 0 Å². The Labute approximate surface area is 150 Å². The van der Waals surface area contributed by atoms with Gasteiger partial charge in [-0.05, 0) is 54.4 Å². The van der Waals surface area contributed by atoms with Gasteiger partial charge in [0.05, 0.1) is 5.41 Å². The van der Waals surface area contributed by atoms with E-state index in [1.165, 1.54) is 11.8 Å². The second-order valence-electron chi connectivity index (χ2n) is 6.25. The van der Waals surface area contributed by atoms with E-state index in [0.717, 1.165) is 34.1 Å². The highest BCUT2D eigenvalue weighted by atomic mass is 32.2. The Hall–Kier alpha value is -2.60. The maximum Gasteiger partial charge on any atom is 0.235 e. The minimum atomic E-state index is -0.354. The van der Waals surface area contributed by atoms with E-state index in [2.05, 4.69) is 15.5 Å². The number of anilines is 1. The van der Waals surface area contributed by atoms with Crippen LogP contribution in [0.2, 0.25) is 0 Å². The van der Waals surface area contributed by atoms with Crippen LogP contribution in [0.4, 0.5) is 5.69 Å². The molecule has 0 unspecified atom stereocenters. The van der Waals surface area contributed by atoms with Gasteiger partial charge in [-0.3, -0.25) is 4.79 Å². The third-order valence-electron chi connectivity index (χ3n) is 4.50. The first-order valence-corrected chi connectivity index (χ1v) is 8.98. The van der Waals surface area contributed by atoms with E-state index in [1.54, 1.807) is 6.33 Å². The van der Waals surface area contributed by atoms with Crippen LogP contribution in [0, 0.1) is 0 Å². The quantitative estimate of drug-likeness (QED) is 0.763. The van der Waals surface area contributed by atoms with E-state index in [0.29, 0.717) is 0 Å². The third-order valence-corrected chi connectivity index (χ3v) is 5.56. The summed E-state index contributed by atoms with van der Waals surface area (Å²) < 4.78 is 1.87. The molecule has 1 aromatic heterocycles. The van der Waals surface area contributed by atoms with Crippen LogP contribution < -0.4 is 5.32 Å². The van der Waals surface area contributed by atoms with Gasteiger partial charge in [0.1, 0.15) is 6.33 Å². The van der Waals surface area contributed by atoms with Crippen molar-refractivity contribution >= 4 is 23.4 Å². The molecule has 2 aromatic carbocycles. The van der Waals surface area contributed by atoms with Crippen molar-refractivity contribution in [1.29, 1.82) is 0 Å². The lowest BCUT2D eigenvalue weighted by molar-refractivity contribution is -0.118. The molecule has 25 heavy (non-hydrogen) atoms. The van der Waals surface area contributed by atoms with Crippen molar-refractivity contribution in [2.45, 2.75) is 28.3 Å². The summed E-state index contributed by atoms with van der Waals surface area (Å²) in [6.45, 7) is 0. The van der Waals surface area contributed by atoms with Crippen LogP contribution >= 0.6 is 11.8 Å². The molecule has 4 rings (SSSR count). The standard InChI is InChI=1S/C19H18N4OS/c1-23-13-20-22-18(23)25-16-9-7-15(8-10-16)21-17(24)19(11-12-19)14-5-3-2-4-6-14/h2-10,13H,11-12H2,1H3,(H,21,24). The highest BCUT2D eigenvalue weighted by molar-refractivity contribution is 7.99. The van der Waals surface area contributed by atoms with Gasteiger partial charge in [-0.2, -0.15) is 0 Å². The molecule has 126 valence electrons. The van der Waals surface area contributed by atoms with E-state index in [1.807, 2.05) is 66.2 Å². The molecular weight excluding hydrogens is 332 g/mol. The molecule has 1 aliphatic rings. The summed E-state index contributed by atoms with van der Waals surface area (Å²) in [7, 11) is 1.91. The maximum atomic E-state index is 12.7. The van der Waals surface area contributed by atoms with Gasteiger partial charge < -0.3 is 9.88 Å². The summed E-state index contributed by atoms with van der Waals surface area (Å²) in [5, 5.41) is 11.8. The Kier molecular flexibility index (Phi) is 4.05. The van der Waals surface area contributed by atoms with Crippen LogP contribution in [-0.4, -0.2) is 20.7 Å². The summed E-state index contributed by atoms with van der Waals surface area (Å²) in [6.07, 6.45) is 3.49. The average molecular weight is 350 g/mol. The Bertz CT molecular complexity index is 885. The minimum Gasteiger partial charge on any atom is -0.325 e. The Morgan fingerprint density at radius 1 is 1.12 bits per heavy atom. The lowest BCUT2D eigenvalue weighted by Crippen LogP contribution is -2.27. The number of aromatic nitrogens is 3. The summed E-state index contributed by atoms with van der Waals surface area (Å²) in [6, 6.07) is 17.8. The van der Waals surface area contributed by atoms with Crippen LogP contribution in [0.15, 0.2) is 71.0 Å². The number of hydrogen-bond donors (Lipinski definition) is 1. The number of amides is 1. The molecule has 0 radical (unpaired) electrons. The largest absolute Gasteiger partial charge is 0.325 e. The number of carbonyl (C=O) groups is 1. The van der Waals surface area contributed by atoms with Crippen LogP contribution in [0.3, 0.4) is 0 Å². The summed E-state index contributed by atoms with van der Waals surface area (Å²) in [5.41, 5.74) is 1.56. The molecule has 0 spiro atoms. The summed E-state index contributed by atoms with van der Waals surface area (Å²) in [4.78, 5) is 13.8. The van der Waals surface area contributed by atoms with Gasteiger partial charge in [-0.15, -0.1) is 10.2 Å².